The quantitative estimate of drug-likeness (QED) is 0.834. The highest BCUT2D eigenvalue weighted by atomic mass is 79.9. The fraction of sp³-hybridized carbons (Fsp3) is 0.588. The predicted molar refractivity (Wildman–Crippen MR) is 91.1 cm³/mol. The van der Waals surface area contributed by atoms with Crippen LogP contribution >= 0.6 is 15.9 Å². The van der Waals surface area contributed by atoms with E-state index in [1.54, 1.807) is 4.90 Å². The van der Waals surface area contributed by atoms with Crippen molar-refractivity contribution < 1.29 is 14.6 Å². The van der Waals surface area contributed by atoms with Crippen LogP contribution in [0.1, 0.15) is 46.5 Å². The van der Waals surface area contributed by atoms with Gasteiger partial charge in [-0.25, -0.2) is 4.79 Å². The summed E-state index contributed by atoms with van der Waals surface area (Å²) in [6.45, 7) is 5.54. The number of benzene rings is 1. The number of nitrogens with zero attached hydrogens (tertiary/aromatic N) is 1. The van der Waals surface area contributed by atoms with Crippen LogP contribution < -0.4 is 4.90 Å². The second kappa shape index (κ2) is 7.01. The molecule has 4 nitrogen and oxygen atoms in total. The molecule has 0 saturated heterocycles. The number of ether oxygens (including phenoxy) is 1. The molecule has 1 aromatic carbocycles. The van der Waals surface area contributed by atoms with Crippen molar-refractivity contribution in [1.82, 2.24) is 0 Å². The molecule has 0 spiro atoms. The smallest absolute Gasteiger partial charge is 0.415 e. The maximum atomic E-state index is 12.7. The van der Waals surface area contributed by atoms with Gasteiger partial charge in [0.1, 0.15) is 5.60 Å². The lowest BCUT2D eigenvalue weighted by molar-refractivity contribution is 0.0466. The zero-order valence-electron chi connectivity index (χ0n) is 13.4. The van der Waals surface area contributed by atoms with E-state index in [-0.39, 0.29) is 6.04 Å². The fourth-order valence-electron chi connectivity index (χ4n) is 2.76. The Balaban J connectivity index is 2.36. The van der Waals surface area contributed by atoms with Crippen LogP contribution in [0.3, 0.4) is 0 Å². The fourth-order valence-corrected chi connectivity index (χ4v) is 3.24. The van der Waals surface area contributed by atoms with Crippen LogP contribution in [0.4, 0.5) is 10.5 Å². The first-order chi connectivity index (χ1) is 10.3. The van der Waals surface area contributed by atoms with Crippen molar-refractivity contribution in [3.8, 4) is 0 Å². The minimum atomic E-state index is -0.573. The molecule has 1 aliphatic carbocycles. The van der Waals surface area contributed by atoms with Gasteiger partial charge in [0.05, 0.1) is 17.8 Å². The lowest BCUT2D eigenvalue weighted by Gasteiger charge is -2.38. The molecule has 2 unspecified atom stereocenters. The highest BCUT2D eigenvalue weighted by Gasteiger charge is 2.36. The Labute approximate surface area is 140 Å². The van der Waals surface area contributed by atoms with Crippen molar-refractivity contribution in [1.29, 1.82) is 0 Å². The summed E-state index contributed by atoms with van der Waals surface area (Å²) in [5.74, 6) is 0. The summed E-state index contributed by atoms with van der Waals surface area (Å²) in [6.07, 6.45) is 2.57. The Morgan fingerprint density at radius 1 is 1.27 bits per heavy atom. The van der Waals surface area contributed by atoms with Crippen molar-refractivity contribution in [2.45, 2.75) is 64.2 Å². The molecule has 0 bridgehead atoms. The van der Waals surface area contributed by atoms with E-state index in [2.05, 4.69) is 15.9 Å². The SMILES string of the molecule is CC(C)(C)OC(=O)N(c1ccccc1Br)C1CCCCC1O. The van der Waals surface area contributed by atoms with Crippen LogP contribution in [0, 0.1) is 0 Å². The van der Waals surface area contributed by atoms with Crippen LogP contribution in [0.2, 0.25) is 0 Å². The van der Waals surface area contributed by atoms with Gasteiger partial charge in [0.15, 0.2) is 0 Å². The van der Waals surface area contributed by atoms with E-state index in [0.717, 1.165) is 29.4 Å². The Bertz CT molecular complexity index is 527. The number of rotatable bonds is 2. The summed E-state index contributed by atoms with van der Waals surface area (Å²) in [4.78, 5) is 14.3. The van der Waals surface area contributed by atoms with Crippen LogP contribution in [-0.4, -0.2) is 28.9 Å². The number of hydrogen-bond acceptors (Lipinski definition) is 3. The van der Waals surface area contributed by atoms with Gasteiger partial charge in [-0.2, -0.15) is 0 Å². The van der Waals surface area contributed by atoms with Gasteiger partial charge in [0, 0.05) is 4.47 Å². The topological polar surface area (TPSA) is 49.8 Å². The Morgan fingerprint density at radius 3 is 2.50 bits per heavy atom. The third-order valence-corrected chi connectivity index (χ3v) is 4.40. The van der Waals surface area contributed by atoms with Gasteiger partial charge in [-0.05, 0) is 61.7 Å². The number of carbonyl (C=O) groups excluding carboxylic acids is 1. The van der Waals surface area contributed by atoms with Crippen molar-refractivity contribution in [2.24, 2.45) is 0 Å². The molecule has 0 radical (unpaired) electrons. The number of carbonyl (C=O) groups is 1. The second-order valence-electron chi connectivity index (χ2n) is 6.72. The zero-order valence-corrected chi connectivity index (χ0v) is 15.0. The largest absolute Gasteiger partial charge is 0.443 e. The number of amides is 1. The van der Waals surface area contributed by atoms with Crippen molar-refractivity contribution in [3.05, 3.63) is 28.7 Å². The molecule has 1 fully saturated rings. The van der Waals surface area contributed by atoms with Crippen molar-refractivity contribution in [3.63, 3.8) is 0 Å². The summed E-state index contributed by atoms with van der Waals surface area (Å²) >= 11 is 3.50. The van der Waals surface area contributed by atoms with Crippen LogP contribution in [0.25, 0.3) is 0 Å². The highest BCUT2D eigenvalue weighted by Crippen LogP contribution is 2.33. The first-order valence-electron chi connectivity index (χ1n) is 7.74. The lowest BCUT2D eigenvalue weighted by Crippen LogP contribution is -2.50. The molecule has 1 aliphatic rings. The maximum absolute atomic E-state index is 12.7. The molecule has 1 aromatic rings. The second-order valence-corrected chi connectivity index (χ2v) is 7.58. The highest BCUT2D eigenvalue weighted by molar-refractivity contribution is 9.10. The predicted octanol–water partition coefficient (Wildman–Crippen LogP) is 4.49. The van der Waals surface area contributed by atoms with Crippen molar-refractivity contribution >= 4 is 27.7 Å². The standard InChI is InChI=1S/C17H24BrNO3/c1-17(2,3)22-16(21)19(13-9-5-4-8-12(13)18)14-10-6-7-11-15(14)20/h4-5,8-9,14-15,20H,6-7,10-11H2,1-3H3. The summed E-state index contributed by atoms with van der Waals surface area (Å²) in [5.41, 5.74) is 0.165. The molecule has 122 valence electrons. The summed E-state index contributed by atoms with van der Waals surface area (Å²) in [5, 5.41) is 10.4. The molecule has 2 atom stereocenters. The Kier molecular flexibility index (Phi) is 5.50. The van der Waals surface area contributed by atoms with Crippen LogP contribution in [0.5, 0.6) is 0 Å². The van der Waals surface area contributed by atoms with E-state index in [1.807, 2.05) is 45.0 Å². The molecular weight excluding hydrogens is 346 g/mol. The number of aliphatic hydroxyl groups is 1. The van der Waals surface area contributed by atoms with Gasteiger partial charge in [-0.15, -0.1) is 0 Å². The normalized spacial score (nSPS) is 22.2. The molecule has 0 heterocycles. The van der Waals surface area contributed by atoms with Gasteiger partial charge >= 0.3 is 6.09 Å². The molecule has 22 heavy (non-hydrogen) atoms. The third-order valence-electron chi connectivity index (χ3n) is 3.73. The summed E-state index contributed by atoms with van der Waals surface area (Å²) < 4.78 is 6.38. The summed E-state index contributed by atoms with van der Waals surface area (Å²) in [7, 11) is 0. The summed E-state index contributed by atoms with van der Waals surface area (Å²) in [6, 6.07) is 7.30. The lowest BCUT2D eigenvalue weighted by atomic mass is 9.91. The number of halogens is 1. The van der Waals surface area contributed by atoms with E-state index >= 15 is 0 Å². The van der Waals surface area contributed by atoms with E-state index in [0.29, 0.717) is 6.42 Å². The van der Waals surface area contributed by atoms with Gasteiger partial charge in [-0.1, -0.05) is 25.0 Å². The molecule has 2 rings (SSSR count). The van der Waals surface area contributed by atoms with Crippen molar-refractivity contribution in [2.75, 3.05) is 4.90 Å². The maximum Gasteiger partial charge on any atom is 0.415 e. The first kappa shape index (κ1) is 17.3. The first-order valence-corrected chi connectivity index (χ1v) is 8.54. The molecule has 5 heteroatoms. The van der Waals surface area contributed by atoms with E-state index < -0.39 is 17.8 Å². The molecule has 1 saturated carbocycles. The van der Waals surface area contributed by atoms with Crippen LogP contribution in [-0.2, 0) is 4.74 Å². The number of hydrogen-bond donors (Lipinski definition) is 1. The molecule has 0 aliphatic heterocycles. The molecule has 1 N–H and O–H groups in total. The average Bonchev–Trinajstić information content (AvgIpc) is 2.41. The van der Waals surface area contributed by atoms with E-state index in [4.69, 9.17) is 4.74 Å². The molecule has 1 amide bonds. The zero-order chi connectivity index (χ0) is 16.3. The minimum Gasteiger partial charge on any atom is -0.443 e. The van der Waals surface area contributed by atoms with Gasteiger partial charge in [-0.3, -0.25) is 4.90 Å². The number of para-hydroxylation sites is 1. The monoisotopic (exact) mass is 369 g/mol. The van der Waals surface area contributed by atoms with Crippen LogP contribution in [0.15, 0.2) is 28.7 Å². The molecular formula is C17H24BrNO3. The number of anilines is 1. The number of aliphatic hydroxyl groups excluding tert-OH is 1. The van der Waals surface area contributed by atoms with Gasteiger partial charge in [0.25, 0.3) is 0 Å². The van der Waals surface area contributed by atoms with Gasteiger partial charge in [0.2, 0.25) is 0 Å². The van der Waals surface area contributed by atoms with E-state index in [1.165, 1.54) is 0 Å². The minimum absolute atomic E-state index is 0.248. The molecule has 0 aromatic heterocycles. The average molecular weight is 370 g/mol. The van der Waals surface area contributed by atoms with E-state index in [9.17, 15) is 9.90 Å². The third kappa shape index (κ3) is 4.23. The van der Waals surface area contributed by atoms with Gasteiger partial charge < -0.3 is 9.84 Å². The Morgan fingerprint density at radius 2 is 1.91 bits per heavy atom. The Hall–Kier alpha value is -1.07.